The van der Waals surface area contributed by atoms with E-state index in [9.17, 15) is 23.1 Å². The first-order chi connectivity index (χ1) is 11.2. The molecular weight excluding hydrogens is 328 g/mol. The van der Waals surface area contributed by atoms with E-state index in [-0.39, 0.29) is 16.0 Å². The average Bonchev–Trinajstić information content (AvgIpc) is 2.52. The Kier molecular flexibility index (Phi) is 4.99. The van der Waals surface area contributed by atoms with Crippen LogP contribution in [0.25, 0.3) is 11.1 Å². The predicted octanol–water partition coefficient (Wildman–Crippen LogP) is 2.67. The van der Waals surface area contributed by atoms with E-state index in [4.69, 9.17) is 0 Å². The number of carbonyl (C=O) groups is 2. The van der Waals surface area contributed by atoms with Crippen LogP contribution < -0.4 is 0 Å². The summed E-state index contributed by atoms with van der Waals surface area (Å²) in [4.78, 5) is 23.9. The van der Waals surface area contributed by atoms with E-state index in [0.29, 0.717) is 11.1 Å². The minimum Gasteiger partial charge on any atom is -0.478 e. The van der Waals surface area contributed by atoms with Crippen molar-refractivity contribution in [2.24, 2.45) is 0 Å². The van der Waals surface area contributed by atoms with Gasteiger partial charge in [-0.3, -0.25) is 4.79 Å². The summed E-state index contributed by atoms with van der Waals surface area (Å²) in [5.74, 6) is -1.64. The number of hydrogen-bond donors (Lipinski definition) is 1. The summed E-state index contributed by atoms with van der Waals surface area (Å²) in [5, 5.41) is 9.59. The molecule has 0 bridgehead atoms. The SMILES string of the molecule is CC(=O)/C(=C(/C(=O)O)c1ccccc1)c1ccc(S(C)(=O)=O)cc1. The van der Waals surface area contributed by atoms with Crippen LogP contribution in [0.2, 0.25) is 0 Å². The molecule has 24 heavy (non-hydrogen) atoms. The molecule has 124 valence electrons. The second-order valence-corrected chi connectivity index (χ2v) is 7.29. The minimum atomic E-state index is -3.37. The molecule has 2 aromatic rings. The quantitative estimate of drug-likeness (QED) is 0.665. The lowest BCUT2D eigenvalue weighted by Gasteiger charge is -2.11. The van der Waals surface area contributed by atoms with Crippen molar-refractivity contribution in [1.82, 2.24) is 0 Å². The molecule has 6 heteroatoms. The van der Waals surface area contributed by atoms with Crippen LogP contribution in [0, 0.1) is 0 Å². The topological polar surface area (TPSA) is 88.5 Å². The van der Waals surface area contributed by atoms with Crippen LogP contribution in [-0.4, -0.2) is 31.5 Å². The number of carboxylic acid groups (broad SMARTS) is 1. The molecule has 0 aliphatic rings. The summed E-state index contributed by atoms with van der Waals surface area (Å²) < 4.78 is 23.1. The lowest BCUT2D eigenvalue weighted by molar-refractivity contribution is -0.130. The van der Waals surface area contributed by atoms with Crippen LogP contribution in [0.1, 0.15) is 18.1 Å². The monoisotopic (exact) mass is 344 g/mol. The largest absolute Gasteiger partial charge is 0.478 e. The number of allylic oxidation sites excluding steroid dienone is 1. The zero-order valence-corrected chi connectivity index (χ0v) is 14.0. The Hall–Kier alpha value is -2.73. The maximum Gasteiger partial charge on any atom is 0.337 e. The van der Waals surface area contributed by atoms with Gasteiger partial charge in [0.25, 0.3) is 0 Å². The Labute approximate surface area is 140 Å². The zero-order valence-electron chi connectivity index (χ0n) is 13.2. The zero-order chi connectivity index (χ0) is 17.9. The Morgan fingerprint density at radius 1 is 0.833 bits per heavy atom. The molecule has 0 amide bonds. The van der Waals surface area contributed by atoms with Gasteiger partial charge < -0.3 is 5.11 Å². The van der Waals surface area contributed by atoms with Gasteiger partial charge >= 0.3 is 5.97 Å². The number of ketones is 1. The van der Waals surface area contributed by atoms with E-state index in [2.05, 4.69) is 0 Å². The standard InChI is InChI=1S/C18H16O5S/c1-12(19)16(14-8-10-15(11-9-14)24(2,22)23)17(18(20)21)13-6-4-3-5-7-13/h3-11H,1-2H3,(H,20,21)/b17-16-. The fraction of sp³-hybridized carbons (Fsp3) is 0.111. The highest BCUT2D eigenvalue weighted by Gasteiger charge is 2.21. The second kappa shape index (κ2) is 6.80. The maximum atomic E-state index is 12.1. The van der Waals surface area contributed by atoms with Gasteiger partial charge in [0.2, 0.25) is 0 Å². The first-order valence-electron chi connectivity index (χ1n) is 7.06. The summed E-state index contributed by atoms with van der Waals surface area (Å²) in [6, 6.07) is 13.9. The average molecular weight is 344 g/mol. The highest BCUT2D eigenvalue weighted by molar-refractivity contribution is 7.90. The number of benzene rings is 2. The van der Waals surface area contributed by atoms with Gasteiger partial charge in [-0.05, 0) is 30.2 Å². The number of hydrogen-bond acceptors (Lipinski definition) is 4. The highest BCUT2D eigenvalue weighted by atomic mass is 32.2. The third-order valence-electron chi connectivity index (χ3n) is 3.45. The number of carbonyl (C=O) groups excluding carboxylic acids is 1. The van der Waals surface area contributed by atoms with Gasteiger partial charge in [-0.1, -0.05) is 42.5 Å². The van der Waals surface area contributed by atoms with E-state index in [1.807, 2.05) is 0 Å². The minimum absolute atomic E-state index is 0.0359. The smallest absolute Gasteiger partial charge is 0.337 e. The van der Waals surface area contributed by atoms with Crippen molar-refractivity contribution in [2.45, 2.75) is 11.8 Å². The molecule has 0 fully saturated rings. The Morgan fingerprint density at radius 2 is 1.33 bits per heavy atom. The predicted molar refractivity (Wildman–Crippen MR) is 91.1 cm³/mol. The van der Waals surface area contributed by atoms with Crippen LogP contribution in [0.4, 0.5) is 0 Å². The lowest BCUT2D eigenvalue weighted by Crippen LogP contribution is -2.08. The van der Waals surface area contributed by atoms with Gasteiger partial charge in [0.05, 0.1) is 10.5 Å². The molecule has 1 N–H and O–H groups in total. The van der Waals surface area contributed by atoms with E-state index >= 15 is 0 Å². The van der Waals surface area contributed by atoms with Gasteiger partial charge in [-0.25, -0.2) is 13.2 Å². The molecule has 2 rings (SSSR count). The number of Topliss-reactive ketones (excluding diaryl/α,β-unsaturated/α-hetero) is 1. The van der Waals surface area contributed by atoms with Crippen molar-refractivity contribution < 1.29 is 23.1 Å². The molecule has 0 radical (unpaired) electrons. The third-order valence-corrected chi connectivity index (χ3v) is 4.58. The molecule has 2 aromatic carbocycles. The summed E-state index contributed by atoms with van der Waals surface area (Å²) in [6.45, 7) is 1.28. The molecule has 5 nitrogen and oxygen atoms in total. The van der Waals surface area contributed by atoms with E-state index in [0.717, 1.165) is 6.26 Å². The van der Waals surface area contributed by atoms with Crippen LogP contribution in [0.15, 0.2) is 59.5 Å². The summed E-state index contributed by atoms with van der Waals surface area (Å²) in [7, 11) is -3.37. The second-order valence-electron chi connectivity index (χ2n) is 5.27. The van der Waals surface area contributed by atoms with Gasteiger partial charge in [-0.15, -0.1) is 0 Å². The number of sulfone groups is 1. The molecule has 0 heterocycles. The molecule has 0 aliphatic heterocycles. The maximum absolute atomic E-state index is 12.1. The van der Waals surface area contributed by atoms with Crippen LogP contribution in [0.3, 0.4) is 0 Å². The Bertz CT molecular complexity index is 908. The lowest BCUT2D eigenvalue weighted by atomic mass is 9.92. The molecule has 0 saturated carbocycles. The number of rotatable bonds is 5. The highest BCUT2D eigenvalue weighted by Crippen LogP contribution is 2.28. The normalized spacial score (nSPS) is 12.4. The van der Waals surface area contributed by atoms with Crippen molar-refractivity contribution in [3.63, 3.8) is 0 Å². The van der Waals surface area contributed by atoms with E-state index in [1.165, 1.54) is 31.2 Å². The number of carboxylic acids is 1. The van der Waals surface area contributed by atoms with Gasteiger partial charge in [0, 0.05) is 11.8 Å². The molecule has 0 spiro atoms. The molecule has 0 saturated heterocycles. The molecular formula is C18H16O5S. The Balaban J connectivity index is 2.71. The third kappa shape index (κ3) is 3.78. The van der Waals surface area contributed by atoms with Crippen LogP contribution >= 0.6 is 0 Å². The van der Waals surface area contributed by atoms with Crippen LogP contribution in [0.5, 0.6) is 0 Å². The Morgan fingerprint density at radius 3 is 1.75 bits per heavy atom. The van der Waals surface area contributed by atoms with Crippen molar-refractivity contribution >= 4 is 32.7 Å². The van der Waals surface area contributed by atoms with Crippen molar-refractivity contribution in [1.29, 1.82) is 0 Å². The fourth-order valence-electron chi connectivity index (χ4n) is 2.37. The first kappa shape index (κ1) is 17.6. The summed E-state index contributed by atoms with van der Waals surface area (Å²) >= 11 is 0. The van der Waals surface area contributed by atoms with Crippen molar-refractivity contribution in [3.05, 3.63) is 65.7 Å². The van der Waals surface area contributed by atoms with E-state index in [1.54, 1.807) is 30.3 Å². The molecule has 0 atom stereocenters. The van der Waals surface area contributed by atoms with Gasteiger partial charge in [0.15, 0.2) is 15.6 Å². The van der Waals surface area contributed by atoms with Gasteiger partial charge in [-0.2, -0.15) is 0 Å². The summed E-state index contributed by atoms with van der Waals surface area (Å²) in [5.41, 5.74) is 0.683. The van der Waals surface area contributed by atoms with Crippen molar-refractivity contribution in [3.8, 4) is 0 Å². The molecule has 0 aromatic heterocycles. The van der Waals surface area contributed by atoms with Crippen molar-refractivity contribution in [2.75, 3.05) is 6.26 Å². The molecule has 0 aliphatic carbocycles. The first-order valence-corrected chi connectivity index (χ1v) is 8.95. The van der Waals surface area contributed by atoms with E-state index < -0.39 is 21.6 Å². The van der Waals surface area contributed by atoms with Crippen LogP contribution in [-0.2, 0) is 19.4 Å². The van der Waals surface area contributed by atoms with Gasteiger partial charge in [0.1, 0.15) is 0 Å². The number of aliphatic carboxylic acids is 1. The fourth-order valence-corrected chi connectivity index (χ4v) is 3.00. The molecule has 0 unspecified atom stereocenters. The summed E-state index contributed by atoms with van der Waals surface area (Å²) in [6.07, 6.45) is 1.08.